The monoisotopic (exact) mass is 574 g/mol. The number of halogens is 6. The normalized spacial score (nSPS) is 11.1. The summed E-state index contributed by atoms with van der Waals surface area (Å²) in [5.41, 5.74) is 2.35. The number of alkyl halides is 3. The van der Waals surface area contributed by atoms with Gasteiger partial charge in [0.25, 0.3) is 0 Å². The van der Waals surface area contributed by atoms with Gasteiger partial charge >= 0.3 is 0 Å². The third-order valence-corrected chi connectivity index (χ3v) is 6.19. The first-order valence-electron chi connectivity index (χ1n) is 3.49. The zero-order chi connectivity index (χ0) is 10.9. The smallest absolute Gasteiger partial charge is 0.0875 e. The number of rotatable bonds is 2. The van der Waals surface area contributed by atoms with Gasteiger partial charge in [0.05, 0.1) is 3.74 Å². The van der Waals surface area contributed by atoms with Gasteiger partial charge in [0.15, 0.2) is 0 Å². The summed E-state index contributed by atoms with van der Waals surface area (Å²) in [6.45, 7) is 0. The van der Waals surface area contributed by atoms with Crippen molar-refractivity contribution in [2.24, 2.45) is 0 Å². The summed E-state index contributed by atoms with van der Waals surface area (Å²) >= 11 is 21.1. The Kier molecular flexibility index (Phi) is 6.22. The molecular formula is C8H4Br6. The lowest BCUT2D eigenvalue weighted by molar-refractivity contribution is 1.27. The summed E-state index contributed by atoms with van der Waals surface area (Å²) in [5.74, 6) is 0. The van der Waals surface area contributed by atoms with Crippen molar-refractivity contribution in [3.8, 4) is 0 Å². The second-order valence-corrected chi connectivity index (χ2v) is 8.55. The molecule has 0 spiro atoms. The highest BCUT2D eigenvalue weighted by Crippen LogP contribution is 2.42. The predicted octanol–water partition coefficient (Wildman–Crippen LogP) is 6.66. The van der Waals surface area contributed by atoms with Crippen molar-refractivity contribution in [1.29, 1.82) is 0 Å². The highest BCUT2D eigenvalue weighted by atomic mass is 79.9. The van der Waals surface area contributed by atoms with E-state index in [1.807, 2.05) is 0 Å². The molecule has 14 heavy (non-hydrogen) atoms. The largest absolute Gasteiger partial charge is 0.0957 e. The maximum atomic E-state index is 3.59. The zero-order valence-corrected chi connectivity index (χ0v) is 16.1. The van der Waals surface area contributed by atoms with E-state index in [1.54, 1.807) is 0 Å². The van der Waals surface area contributed by atoms with E-state index < -0.39 is 0 Å². The average Bonchev–Trinajstić information content (AvgIpc) is 2.12. The lowest BCUT2D eigenvalue weighted by atomic mass is 10.2. The summed E-state index contributed by atoms with van der Waals surface area (Å²) in [6, 6.07) is 2.06. The molecule has 0 bridgehead atoms. The van der Waals surface area contributed by atoms with Gasteiger partial charge in [-0.1, -0.05) is 63.7 Å². The van der Waals surface area contributed by atoms with Gasteiger partial charge < -0.3 is 0 Å². The molecule has 0 aliphatic carbocycles. The van der Waals surface area contributed by atoms with Gasteiger partial charge in [-0.25, -0.2) is 0 Å². The highest BCUT2D eigenvalue weighted by Gasteiger charge is 2.16. The molecule has 6 heteroatoms. The second kappa shape index (κ2) is 6.15. The molecule has 0 unspecified atom stereocenters. The van der Waals surface area contributed by atoms with Crippen LogP contribution in [0, 0.1) is 0 Å². The first kappa shape index (κ1) is 14.2. The van der Waals surface area contributed by atoms with Crippen LogP contribution in [-0.4, -0.2) is 0 Å². The quantitative estimate of drug-likeness (QED) is 0.272. The Balaban J connectivity index is 3.42. The van der Waals surface area contributed by atoms with Crippen LogP contribution in [0.5, 0.6) is 0 Å². The Morgan fingerprint density at radius 1 is 1.07 bits per heavy atom. The summed E-state index contributed by atoms with van der Waals surface area (Å²) in [5, 5.41) is 0.799. The van der Waals surface area contributed by atoms with Crippen LogP contribution in [0.25, 0.3) is 0 Å². The van der Waals surface area contributed by atoms with Crippen LogP contribution in [0.1, 0.15) is 14.9 Å². The van der Waals surface area contributed by atoms with Crippen molar-refractivity contribution in [2.75, 3.05) is 0 Å². The zero-order valence-electron chi connectivity index (χ0n) is 6.63. The van der Waals surface area contributed by atoms with Crippen molar-refractivity contribution in [1.82, 2.24) is 0 Å². The standard InChI is InChI=1S/C8H4Br6/c9-2-4-6(11)3(8(13)14)1-5(10)7(4)12/h1,8H,2H2. The summed E-state index contributed by atoms with van der Waals surface area (Å²) in [6.07, 6.45) is 0. The molecule has 0 aliphatic rings. The van der Waals surface area contributed by atoms with Crippen LogP contribution >= 0.6 is 95.6 Å². The molecule has 0 fully saturated rings. The first-order chi connectivity index (χ1) is 6.49. The maximum absolute atomic E-state index is 3.59. The Morgan fingerprint density at radius 2 is 1.64 bits per heavy atom. The fraction of sp³-hybridized carbons (Fsp3) is 0.250. The maximum Gasteiger partial charge on any atom is 0.0957 e. The molecule has 1 rings (SSSR count). The highest BCUT2D eigenvalue weighted by molar-refractivity contribution is 9.24. The molecule has 0 saturated heterocycles. The molecule has 0 aliphatic heterocycles. The fourth-order valence-corrected chi connectivity index (χ4v) is 5.49. The van der Waals surface area contributed by atoms with Crippen LogP contribution in [0.15, 0.2) is 19.5 Å². The summed E-state index contributed by atoms with van der Waals surface area (Å²) in [4.78, 5) is 0. The Morgan fingerprint density at radius 3 is 2.07 bits per heavy atom. The van der Waals surface area contributed by atoms with E-state index in [0.717, 1.165) is 24.3 Å². The first-order valence-corrected chi connectivity index (χ1v) is 8.82. The van der Waals surface area contributed by atoms with Gasteiger partial charge in [-0.15, -0.1) is 0 Å². The Labute approximate surface area is 133 Å². The number of hydrogen-bond acceptors (Lipinski definition) is 0. The van der Waals surface area contributed by atoms with E-state index in [2.05, 4.69) is 102 Å². The van der Waals surface area contributed by atoms with Gasteiger partial charge in [-0.3, -0.25) is 0 Å². The summed E-state index contributed by atoms with van der Waals surface area (Å²) in [7, 11) is 0. The fourth-order valence-electron chi connectivity index (χ4n) is 0.954. The van der Waals surface area contributed by atoms with Crippen molar-refractivity contribution < 1.29 is 0 Å². The van der Waals surface area contributed by atoms with Gasteiger partial charge in [-0.2, -0.15) is 0 Å². The molecule has 1 aromatic carbocycles. The minimum Gasteiger partial charge on any atom is -0.0875 e. The van der Waals surface area contributed by atoms with Gasteiger partial charge in [-0.05, 0) is 49.1 Å². The minimum absolute atomic E-state index is 0.145. The third kappa shape index (κ3) is 3.06. The lowest BCUT2D eigenvalue weighted by Crippen LogP contribution is -1.92. The van der Waals surface area contributed by atoms with Crippen LogP contribution in [0.3, 0.4) is 0 Å². The number of hydrogen-bond donors (Lipinski definition) is 0. The molecule has 1 aromatic rings. The third-order valence-electron chi connectivity index (χ3n) is 1.64. The summed E-state index contributed by atoms with van der Waals surface area (Å²) < 4.78 is 3.37. The van der Waals surface area contributed by atoms with Crippen LogP contribution in [0.4, 0.5) is 0 Å². The molecule has 0 atom stereocenters. The van der Waals surface area contributed by atoms with Crippen LogP contribution in [-0.2, 0) is 5.33 Å². The van der Waals surface area contributed by atoms with E-state index in [1.165, 1.54) is 5.56 Å². The topological polar surface area (TPSA) is 0 Å². The van der Waals surface area contributed by atoms with E-state index >= 15 is 0 Å². The van der Waals surface area contributed by atoms with Crippen LogP contribution in [0.2, 0.25) is 0 Å². The van der Waals surface area contributed by atoms with E-state index in [0.29, 0.717) is 0 Å². The van der Waals surface area contributed by atoms with Gasteiger partial charge in [0.2, 0.25) is 0 Å². The lowest BCUT2D eigenvalue weighted by Gasteiger charge is -2.13. The Bertz CT molecular complexity index is 346. The second-order valence-electron chi connectivity index (χ2n) is 2.49. The molecule has 0 aromatic heterocycles. The molecule has 0 heterocycles. The van der Waals surface area contributed by atoms with Crippen molar-refractivity contribution in [3.63, 3.8) is 0 Å². The molecular weight excluding hydrogens is 576 g/mol. The molecule has 0 N–H and O–H groups in total. The number of benzene rings is 1. The molecule has 0 saturated carbocycles. The minimum atomic E-state index is 0.145. The van der Waals surface area contributed by atoms with E-state index in [4.69, 9.17) is 0 Å². The van der Waals surface area contributed by atoms with Crippen molar-refractivity contribution >= 4 is 95.6 Å². The van der Waals surface area contributed by atoms with Crippen LogP contribution < -0.4 is 0 Å². The van der Waals surface area contributed by atoms with Crippen molar-refractivity contribution in [2.45, 2.75) is 9.07 Å². The van der Waals surface area contributed by atoms with Crippen molar-refractivity contribution in [3.05, 3.63) is 30.6 Å². The van der Waals surface area contributed by atoms with E-state index in [-0.39, 0.29) is 3.74 Å². The SMILES string of the molecule is BrCc1c(Br)c(Br)cc(C(Br)Br)c1Br. The molecule has 0 radical (unpaired) electrons. The molecule has 0 nitrogen and oxygen atoms in total. The Hall–Kier alpha value is 2.10. The average molecular weight is 580 g/mol. The van der Waals surface area contributed by atoms with Gasteiger partial charge in [0, 0.05) is 18.7 Å². The van der Waals surface area contributed by atoms with E-state index in [9.17, 15) is 0 Å². The molecule has 78 valence electrons. The predicted molar refractivity (Wildman–Crippen MR) is 82.8 cm³/mol. The molecule has 0 amide bonds. The van der Waals surface area contributed by atoms with Gasteiger partial charge in [0.1, 0.15) is 0 Å².